The van der Waals surface area contributed by atoms with E-state index >= 15 is 0 Å². The molecule has 2 atom stereocenters. The van der Waals surface area contributed by atoms with Crippen molar-refractivity contribution in [1.82, 2.24) is 5.32 Å². The number of alkyl halides is 1. The fourth-order valence-corrected chi connectivity index (χ4v) is 1.44. The van der Waals surface area contributed by atoms with Crippen molar-refractivity contribution in [2.24, 2.45) is 5.92 Å². The Balaban J connectivity index is 1.94. The maximum absolute atomic E-state index is 5.96. The van der Waals surface area contributed by atoms with Gasteiger partial charge in [-0.1, -0.05) is 6.92 Å². The van der Waals surface area contributed by atoms with Crippen LogP contribution in [0.5, 0.6) is 0 Å². The van der Waals surface area contributed by atoms with Crippen molar-refractivity contribution in [2.75, 3.05) is 26.3 Å². The van der Waals surface area contributed by atoms with Gasteiger partial charge >= 0.3 is 0 Å². The molecule has 2 unspecified atom stereocenters. The zero-order valence-electron chi connectivity index (χ0n) is 7.68. The molecule has 0 aromatic carbocycles. The highest BCUT2D eigenvalue weighted by Crippen LogP contribution is 2.10. The molecule has 1 aliphatic rings. The van der Waals surface area contributed by atoms with Gasteiger partial charge in [-0.3, -0.25) is 0 Å². The number of hydrogen-bond donors (Lipinski definition) is 1. The third-order valence-corrected chi connectivity index (χ3v) is 2.73. The van der Waals surface area contributed by atoms with Gasteiger partial charge in [0.25, 0.3) is 0 Å². The Bertz CT molecular complexity index is 115. The summed E-state index contributed by atoms with van der Waals surface area (Å²) in [6.45, 7) is 5.95. The molecule has 2 nitrogen and oxygen atoms in total. The normalized spacial score (nSPS) is 26.0. The zero-order chi connectivity index (χ0) is 8.81. The summed E-state index contributed by atoms with van der Waals surface area (Å²) in [6.07, 6.45) is 2.24. The smallest absolute Gasteiger partial charge is 0.0507 e. The van der Waals surface area contributed by atoms with Crippen LogP contribution in [0.1, 0.15) is 19.8 Å². The summed E-state index contributed by atoms with van der Waals surface area (Å²) in [5.74, 6) is 0.714. The van der Waals surface area contributed by atoms with Gasteiger partial charge in [0, 0.05) is 25.1 Å². The molecule has 12 heavy (non-hydrogen) atoms. The maximum Gasteiger partial charge on any atom is 0.0507 e. The second kappa shape index (κ2) is 5.79. The molecule has 1 saturated heterocycles. The molecule has 3 heteroatoms. The van der Waals surface area contributed by atoms with Crippen LogP contribution in [0.3, 0.4) is 0 Å². The topological polar surface area (TPSA) is 21.3 Å². The lowest BCUT2D eigenvalue weighted by atomic mass is 10.1. The van der Waals surface area contributed by atoms with Gasteiger partial charge < -0.3 is 10.1 Å². The number of hydrogen-bond acceptors (Lipinski definition) is 2. The molecule has 1 N–H and O–H groups in total. The van der Waals surface area contributed by atoms with E-state index in [1.54, 1.807) is 0 Å². The quantitative estimate of drug-likeness (QED) is 0.668. The Morgan fingerprint density at radius 2 is 2.50 bits per heavy atom. The standard InChI is InChI=1S/C9H18ClNO/c1-2-9(10)6-11-5-8-3-4-12-7-8/h8-9,11H,2-7H2,1H3. The van der Waals surface area contributed by atoms with Crippen LogP contribution in [-0.4, -0.2) is 31.7 Å². The molecule has 72 valence electrons. The Hall–Kier alpha value is 0.210. The molecule has 0 aromatic rings. The SMILES string of the molecule is CCC(Cl)CNCC1CCOC1. The van der Waals surface area contributed by atoms with Crippen LogP contribution in [0.2, 0.25) is 0 Å². The minimum atomic E-state index is 0.285. The van der Waals surface area contributed by atoms with Crippen molar-refractivity contribution in [1.29, 1.82) is 0 Å². The molecule has 0 aliphatic carbocycles. The van der Waals surface area contributed by atoms with Gasteiger partial charge in [-0.2, -0.15) is 0 Å². The van der Waals surface area contributed by atoms with E-state index in [4.69, 9.17) is 16.3 Å². The van der Waals surface area contributed by atoms with Crippen LogP contribution in [0.25, 0.3) is 0 Å². The second-order valence-electron chi connectivity index (χ2n) is 3.39. The lowest BCUT2D eigenvalue weighted by molar-refractivity contribution is 0.185. The Morgan fingerprint density at radius 3 is 3.08 bits per heavy atom. The molecule has 0 spiro atoms. The first-order valence-corrected chi connectivity index (χ1v) is 5.19. The van der Waals surface area contributed by atoms with Crippen LogP contribution in [0.4, 0.5) is 0 Å². The molecule has 1 aliphatic heterocycles. The van der Waals surface area contributed by atoms with Gasteiger partial charge in [0.2, 0.25) is 0 Å². The molecular weight excluding hydrogens is 174 g/mol. The molecule has 0 aromatic heterocycles. The van der Waals surface area contributed by atoms with E-state index in [0.29, 0.717) is 5.92 Å². The third-order valence-electron chi connectivity index (χ3n) is 2.27. The lowest BCUT2D eigenvalue weighted by Crippen LogP contribution is -2.28. The Kier molecular flexibility index (Phi) is 4.96. The average Bonchev–Trinajstić information content (AvgIpc) is 2.57. The van der Waals surface area contributed by atoms with Crippen molar-refractivity contribution < 1.29 is 4.74 Å². The summed E-state index contributed by atoms with van der Waals surface area (Å²) < 4.78 is 5.27. The predicted molar refractivity (Wildman–Crippen MR) is 51.7 cm³/mol. The van der Waals surface area contributed by atoms with E-state index in [0.717, 1.165) is 32.7 Å². The largest absolute Gasteiger partial charge is 0.381 e. The van der Waals surface area contributed by atoms with E-state index < -0.39 is 0 Å². The highest BCUT2D eigenvalue weighted by atomic mass is 35.5. The number of nitrogens with one attached hydrogen (secondary N) is 1. The molecule has 0 amide bonds. The van der Waals surface area contributed by atoms with Gasteiger partial charge in [0.1, 0.15) is 0 Å². The maximum atomic E-state index is 5.96. The predicted octanol–water partition coefficient (Wildman–Crippen LogP) is 1.63. The van der Waals surface area contributed by atoms with Crippen LogP contribution in [0, 0.1) is 5.92 Å². The summed E-state index contributed by atoms with van der Waals surface area (Å²) in [5, 5.41) is 3.65. The van der Waals surface area contributed by atoms with Crippen LogP contribution >= 0.6 is 11.6 Å². The number of ether oxygens (including phenoxy) is 1. The summed E-state index contributed by atoms with van der Waals surface area (Å²) in [5.41, 5.74) is 0. The monoisotopic (exact) mass is 191 g/mol. The van der Waals surface area contributed by atoms with E-state index in [2.05, 4.69) is 12.2 Å². The number of halogens is 1. The van der Waals surface area contributed by atoms with Gasteiger partial charge in [-0.15, -0.1) is 11.6 Å². The van der Waals surface area contributed by atoms with Crippen molar-refractivity contribution >= 4 is 11.6 Å². The van der Waals surface area contributed by atoms with Crippen LogP contribution in [0.15, 0.2) is 0 Å². The molecule has 1 heterocycles. The van der Waals surface area contributed by atoms with E-state index in [-0.39, 0.29) is 5.38 Å². The second-order valence-corrected chi connectivity index (χ2v) is 4.01. The minimum absolute atomic E-state index is 0.285. The first-order valence-electron chi connectivity index (χ1n) is 4.75. The molecule has 0 bridgehead atoms. The van der Waals surface area contributed by atoms with Gasteiger partial charge in [0.15, 0.2) is 0 Å². The van der Waals surface area contributed by atoms with Gasteiger partial charge in [0.05, 0.1) is 6.61 Å². The van der Waals surface area contributed by atoms with E-state index in [9.17, 15) is 0 Å². The Labute approximate surface area is 79.6 Å². The van der Waals surface area contributed by atoms with Gasteiger partial charge in [-0.25, -0.2) is 0 Å². The fraction of sp³-hybridized carbons (Fsp3) is 1.00. The van der Waals surface area contributed by atoms with Crippen molar-refractivity contribution in [2.45, 2.75) is 25.1 Å². The van der Waals surface area contributed by atoms with Crippen molar-refractivity contribution in [3.8, 4) is 0 Å². The third kappa shape index (κ3) is 3.74. The molecule has 0 radical (unpaired) electrons. The minimum Gasteiger partial charge on any atom is -0.381 e. The van der Waals surface area contributed by atoms with Crippen molar-refractivity contribution in [3.05, 3.63) is 0 Å². The van der Waals surface area contributed by atoms with Crippen molar-refractivity contribution in [3.63, 3.8) is 0 Å². The van der Waals surface area contributed by atoms with Crippen LogP contribution < -0.4 is 5.32 Å². The highest BCUT2D eigenvalue weighted by Gasteiger charge is 2.14. The van der Waals surface area contributed by atoms with E-state index in [1.807, 2.05) is 0 Å². The number of rotatable bonds is 5. The summed E-state index contributed by atoms with van der Waals surface area (Å²) >= 11 is 5.96. The molecule has 0 saturated carbocycles. The Morgan fingerprint density at radius 1 is 1.67 bits per heavy atom. The summed E-state index contributed by atoms with van der Waals surface area (Å²) in [4.78, 5) is 0. The highest BCUT2D eigenvalue weighted by molar-refractivity contribution is 6.20. The molecule has 1 rings (SSSR count). The first-order chi connectivity index (χ1) is 5.83. The van der Waals surface area contributed by atoms with E-state index in [1.165, 1.54) is 6.42 Å². The van der Waals surface area contributed by atoms with Crippen LogP contribution in [-0.2, 0) is 4.74 Å². The molecular formula is C9H18ClNO. The summed E-state index contributed by atoms with van der Waals surface area (Å²) in [7, 11) is 0. The van der Waals surface area contributed by atoms with Gasteiger partial charge in [-0.05, 0) is 18.8 Å². The first kappa shape index (κ1) is 10.3. The summed E-state index contributed by atoms with van der Waals surface area (Å²) in [6, 6.07) is 0. The molecule has 1 fully saturated rings. The average molecular weight is 192 g/mol. The zero-order valence-corrected chi connectivity index (χ0v) is 8.44. The fourth-order valence-electron chi connectivity index (χ4n) is 1.33. The lowest BCUT2D eigenvalue weighted by Gasteiger charge is -2.11.